The lowest BCUT2D eigenvalue weighted by Gasteiger charge is -2.25. The van der Waals surface area contributed by atoms with Crippen molar-refractivity contribution in [3.05, 3.63) is 35.4 Å². The molecule has 114 valence electrons. The number of rotatable bonds is 3. The SMILES string of the molecule is O=C(NCC1CCS(=O)(=O)C1)[C@@H]1Cc2ccccc2CN1. The minimum Gasteiger partial charge on any atom is -0.354 e. The molecule has 1 aromatic rings. The fourth-order valence-corrected chi connectivity index (χ4v) is 4.90. The Morgan fingerprint density at radius 2 is 2.05 bits per heavy atom. The normalized spacial score (nSPS) is 27.0. The number of hydrogen-bond donors (Lipinski definition) is 2. The molecule has 1 saturated heterocycles. The summed E-state index contributed by atoms with van der Waals surface area (Å²) in [5.41, 5.74) is 2.45. The van der Waals surface area contributed by atoms with Crippen molar-refractivity contribution in [2.45, 2.75) is 25.4 Å². The zero-order chi connectivity index (χ0) is 14.9. The average Bonchev–Trinajstić information content (AvgIpc) is 2.83. The number of carbonyl (C=O) groups is 1. The van der Waals surface area contributed by atoms with Crippen molar-refractivity contribution in [2.24, 2.45) is 5.92 Å². The molecule has 0 aliphatic carbocycles. The molecule has 2 aliphatic heterocycles. The van der Waals surface area contributed by atoms with E-state index in [0.29, 0.717) is 25.9 Å². The van der Waals surface area contributed by atoms with Gasteiger partial charge in [0.2, 0.25) is 5.91 Å². The Kier molecular flexibility index (Phi) is 3.99. The monoisotopic (exact) mass is 308 g/mol. The van der Waals surface area contributed by atoms with Crippen LogP contribution in [0.4, 0.5) is 0 Å². The molecule has 0 saturated carbocycles. The largest absolute Gasteiger partial charge is 0.354 e. The quantitative estimate of drug-likeness (QED) is 0.839. The third kappa shape index (κ3) is 3.44. The molecule has 0 spiro atoms. The molecule has 1 aromatic carbocycles. The summed E-state index contributed by atoms with van der Waals surface area (Å²) >= 11 is 0. The minimum atomic E-state index is -2.88. The number of hydrogen-bond acceptors (Lipinski definition) is 4. The lowest BCUT2D eigenvalue weighted by Crippen LogP contribution is -2.48. The second kappa shape index (κ2) is 5.77. The van der Waals surface area contributed by atoms with Gasteiger partial charge in [-0.1, -0.05) is 24.3 Å². The molecule has 2 heterocycles. The third-order valence-corrected chi connectivity index (χ3v) is 6.13. The fraction of sp³-hybridized carbons (Fsp3) is 0.533. The summed E-state index contributed by atoms with van der Waals surface area (Å²) < 4.78 is 22.8. The number of benzene rings is 1. The summed E-state index contributed by atoms with van der Waals surface area (Å²) in [7, 11) is -2.88. The summed E-state index contributed by atoms with van der Waals surface area (Å²) in [5, 5.41) is 6.13. The molecule has 5 nitrogen and oxygen atoms in total. The van der Waals surface area contributed by atoms with Gasteiger partial charge in [-0.25, -0.2) is 8.42 Å². The van der Waals surface area contributed by atoms with Gasteiger partial charge in [0.05, 0.1) is 17.5 Å². The second-order valence-electron chi connectivity index (χ2n) is 5.92. The smallest absolute Gasteiger partial charge is 0.237 e. The van der Waals surface area contributed by atoms with Gasteiger partial charge in [-0.05, 0) is 29.9 Å². The molecule has 6 heteroatoms. The van der Waals surface area contributed by atoms with Gasteiger partial charge in [0.25, 0.3) is 0 Å². The van der Waals surface area contributed by atoms with Gasteiger partial charge < -0.3 is 10.6 Å². The van der Waals surface area contributed by atoms with Gasteiger partial charge in [0, 0.05) is 13.1 Å². The average molecular weight is 308 g/mol. The Morgan fingerprint density at radius 1 is 1.29 bits per heavy atom. The van der Waals surface area contributed by atoms with Crippen molar-refractivity contribution in [2.75, 3.05) is 18.1 Å². The standard InChI is InChI=1S/C15H20N2O3S/c18-15(17-8-11-5-6-21(19,20)10-11)14-7-12-3-1-2-4-13(12)9-16-14/h1-4,11,14,16H,5-10H2,(H,17,18)/t11?,14-/m0/s1. The summed E-state index contributed by atoms with van der Waals surface area (Å²) in [6, 6.07) is 7.89. The van der Waals surface area contributed by atoms with E-state index in [-0.39, 0.29) is 29.4 Å². The number of nitrogens with one attached hydrogen (secondary N) is 2. The summed E-state index contributed by atoms with van der Waals surface area (Å²) in [6.07, 6.45) is 1.34. The van der Waals surface area contributed by atoms with Crippen molar-refractivity contribution in [1.29, 1.82) is 0 Å². The Balaban J connectivity index is 1.53. The van der Waals surface area contributed by atoms with Crippen LogP contribution < -0.4 is 10.6 Å². The van der Waals surface area contributed by atoms with Crippen LogP contribution >= 0.6 is 0 Å². The molecule has 0 bridgehead atoms. The van der Waals surface area contributed by atoms with E-state index in [1.54, 1.807) is 0 Å². The molecule has 2 atom stereocenters. The summed E-state index contributed by atoms with van der Waals surface area (Å²) in [5.74, 6) is 0.486. The molecule has 1 amide bonds. The third-order valence-electron chi connectivity index (χ3n) is 4.29. The number of amides is 1. The topological polar surface area (TPSA) is 75.3 Å². The Hall–Kier alpha value is -1.40. The van der Waals surface area contributed by atoms with Gasteiger partial charge >= 0.3 is 0 Å². The molecular weight excluding hydrogens is 288 g/mol. The first-order valence-corrected chi connectivity index (χ1v) is 9.14. The van der Waals surface area contributed by atoms with Gasteiger partial charge in [0.1, 0.15) is 0 Å². The molecule has 0 aromatic heterocycles. The van der Waals surface area contributed by atoms with E-state index in [1.165, 1.54) is 11.1 Å². The van der Waals surface area contributed by atoms with Crippen molar-refractivity contribution in [1.82, 2.24) is 10.6 Å². The van der Waals surface area contributed by atoms with Gasteiger partial charge in [-0.2, -0.15) is 0 Å². The van der Waals surface area contributed by atoms with Crippen LogP contribution in [0.15, 0.2) is 24.3 Å². The molecule has 1 unspecified atom stereocenters. The lowest BCUT2D eigenvalue weighted by atomic mass is 9.95. The second-order valence-corrected chi connectivity index (χ2v) is 8.15. The summed E-state index contributed by atoms with van der Waals surface area (Å²) in [4.78, 5) is 12.2. The van der Waals surface area contributed by atoms with E-state index in [9.17, 15) is 13.2 Å². The van der Waals surface area contributed by atoms with Crippen molar-refractivity contribution >= 4 is 15.7 Å². The van der Waals surface area contributed by atoms with E-state index in [4.69, 9.17) is 0 Å². The highest BCUT2D eigenvalue weighted by molar-refractivity contribution is 7.91. The van der Waals surface area contributed by atoms with Crippen LogP contribution in [-0.4, -0.2) is 38.4 Å². The number of sulfone groups is 1. The molecule has 2 aliphatic rings. The Bertz CT molecular complexity index is 642. The lowest BCUT2D eigenvalue weighted by molar-refractivity contribution is -0.123. The van der Waals surface area contributed by atoms with Crippen molar-refractivity contribution in [3.63, 3.8) is 0 Å². The Morgan fingerprint density at radius 3 is 2.76 bits per heavy atom. The predicted octanol–water partition coefficient (Wildman–Crippen LogP) is 0.252. The first-order valence-electron chi connectivity index (χ1n) is 7.32. The molecule has 3 rings (SSSR count). The van der Waals surface area contributed by atoms with Gasteiger partial charge in [0.15, 0.2) is 9.84 Å². The van der Waals surface area contributed by atoms with Crippen molar-refractivity contribution < 1.29 is 13.2 Å². The van der Waals surface area contributed by atoms with E-state index in [2.05, 4.69) is 22.8 Å². The van der Waals surface area contributed by atoms with E-state index in [0.717, 1.165) is 0 Å². The van der Waals surface area contributed by atoms with Crippen molar-refractivity contribution in [3.8, 4) is 0 Å². The van der Waals surface area contributed by atoms with Crippen LogP contribution in [0, 0.1) is 5.92 Å². The van der Waals surface area contributed by atoms with Crippen LogP contribution in [0.1, 0.15) is 17.5 Å². The summed E-state index contributed by atoms with van der Waals surface area (Å²) in [6.45, 7) is 1.16. The highest BCUT2D eigenvalue weighted by atomic mass is 32.2. The van der Waals surface area contributed by atoms with Gasteiger partial charge in [-0.15, -0.1) is 0 Å². The highest BCUT2D eigenvalue weighted by Gasteiger charge is 2.29. The van der Waals surface area contributed by atoms with Gasteiger partial charge in [-0.3, -0.25) is 4.79 Å². The van der Waals surface area contributed by atoms with E-state index in [1.807, 2.05) is 12.1 Å². The van der Waals surface area contributed by atoms with Crippen LogP contribution in [-0.2, 0) is 27.6 Å². The maximum absolute atomic E-state index is 12.2. The maximum atomic E-state index is 12.2. The molecule has 1 fully saturated rings. The number of carbonyl (C=O) groups excluding carboxylic acids is 1. The maximum Gasteiger partial charge on any atom is 0.237 e. The first kappa shape index (κ1) is 14.5. The predicted molar refractivity (Wildman–Crippen MR) is 80.5 cm³/mol. The van der Waals surface area contributed by atoms with Crippen LogP contribution in [0.5, 0.6) is 0 Å². The zero-order valence-corrected chi connectivity index (χ0v) is 12.7. The van der Waals surface area contributed by atoms with E-state index >= 15 is 0 Å². The molecule has 0 radical (unpaired) electrons. The minimum absolute atomic E-state index is 0.0335. The van der Waals surface area contributed by atoms with Crippen LogP contribution in [0.3, 0.4) is 0 Å². The molecule has 21 heavy (non-hydrogen) atoms. The first-order chi connectivity index (χ1) is 10.0. The fourth-order valence-electron chi connectivity index (χ4n) is 3.04. The van der Waals surface area contributed by atoms with E-state index < -0.39 is 9.84 Å². The molecule has 2 N–H and O–H groups in total. The highest BCUT2D eigenvalue weighted by Crippen LogP contribution is 2.18. The molecular formula is C15H20N2O3S. The Labute approximate surface area is 125 Å². The number of fused-ring (bicyclic) bond motifs is 1. The zero-order valence-electron chi connectivity index (χ0n) is 11.8. The van der Waals surface area contributed by atoms with Crippen LogP contribution in [0.25, 0.3) is 0 Å². The van der Waals surface area contributed by atoms with Crippen LogP contribution in [0.2, 0.25) is 0 Å².